The summed E-state index contributed by atoms with van der Waals surface area (Å²) in [5.74, 6) is 1.67. The number of amides is 1. The molecule has 1 aromatic heterocycles. The molecule has 0 saturated carbocycles. The number of carbonyl (C=O) groups is 2. The van der Waals surface area contributed by atoms with E-state index in [0.29, 0.717) is 31.7 Å². The number of nitrogens with zero attached hydrogens (tertiary/aromatic N) is 4. The van der Waals surface area contributed by atoms with Crippen LogP contribution in [0.4, 0.5) is 0 Å². The third kappa shape index (κ3) is 6.23. The minimum atomic E-state index is -0.393. The van der Waals surface area contributed by atoms with E-state index in [2.05, 4.69) is 52.0 Å². The standard InChI is InChI=1S/C34H39N5O3/c1-38-31-14-10-25(18-29(31)36-37-38)11-15-33(40)32-20-27(17-24-8-12-28(42-2)13-9-24)22-39(32)34(41)30-19-26(21-35-30)16-23-6-4-3-5-7-23/h3-10,12-14,18,26-27,30,32,35H,11,15-17,19-22H2,1-2H3/t26-,27-,30-,32+/m1/s1. The highest BCUT2D eigenvalue weighted by molar-refractivity contribution is 5.92. The number of aromatic nitrogens is 3. The number of benzene rings is 3. The van der Waals surface area contributed by atoms with E-state index < -0.39 is 6.04 Å². The van der Waals surface area contributed by atoms with Gasteiger partial charge >= 0.3 is 0 Å². The highest BCUT2D eigenvalue weighted by Crippen LogP contribution is 2.31. The second kappa shape index (κ2) is 12.4. The highest BCUT2D eigenvalue weighted by Gasteiger charge is 2.42. The summed E-state index contributed by atoms with van der Waals surface area (Å²) in [6, 6.07) is 24.0. The van der Waals surface area contributed by atoms with Gasteiger partial charge in [0, 0.05) is 20.0 Å². The van der Waals surface area contributed by atoms with E-state index in [-0.39, 0.29) is 23.7 Å². The number of rotatable bonds is 10. The number of ketones is 1. The minimum absolute atomic E-state index is 0.0714. The van der Waals surface area contributed by atoms with Crippen molar-refractivity contribution in [1.82, 2.24) is 25.2 Å². The molecule has 8 nitrogen and oxygen atoms in total. The maximum atomic E-state index is 13.9. The molecule has 0 spiro atoms. The van der Waals surface area contributed by atoms with Crippen LogP contribution in [-0.2, 0) is 35.9 Å². The Morgan fingerprint density at radius 3 is 2.45 bits per heavy atom. The van der Waals surface area contributed by atoms with Crippen molar-refractivity contribution >= 4 is 22.7 Å². The van der Waals surface area contributed by atoms with E-state index >= 15 is 0 Å². The molecule has 0 radical (unpaired) electrons. The van der Waals surface area contributed by atoms with Crippen LogP contribution in [-0.4, -0.2) is 63.9 Å². The Bertz CT molecular complexity index is 1530. The molecule has 2 saturated heterocycles. The summed E-state index contributed by atoms with van der Waals surface area (Å²) in [6.07, 6.45) is 4.29. The second-order valence-electron chi connectivity index (χ2n) is 11.9. The van der Waals surface area contributed by atoms with Crippen LogP contribution in [0, 0.1) is 11.8 Å². The first-order chi connectivity index (χ1) is 20.5. The monoisotopic (exact) mass is 565 g/mol. The third-order valence-electron chi connectivity index (χ3n) is 8.95. The van der Waals surface area contributed by atoms with Crippen LogP contribution in [0.3, 0.4) is 0 Å². The number of aryl methyl sites for hydroxylation is 2. The fourth-order valence-electron chi connectivity index (χ4n) is 6.69. The summed E-state index contributed by atoms with van der Waals surface area (Å²) in [5.41, 5.74) is 5.35. The van der Waals surface area contributed by atoms with Crippen LogP contribution >= 0.6 is 0 Å². The predicted molar refractivity (Wildman–Crippen MR) is 162 cm³/mol. The summed E-state index contributed by atoms with van der Waals surface area (Å²) >= 11 is 0. The normalized spacial score (nSPS) is 22.1. The summed E-state index contributed by atoms with van der Waals surface area (Å²) in [6.45, 7) is 1.42. The first kappa shape index (κ1) is 28.1. The first-order valence-electron chi connectivity index (χ1n) is 15.0. The lowest BCUT2D eigenvalue weighted by molar-refractivity contribution is -0.139. The first-order valence-corrected chi connectivity index (χ1v) is 15.0. The van der Waals surface area contributed by atoms with E-state index in [1.54, 1.807) is 11.8 Å². The lowest BCUT2D eigenvalue weighted by Crippen LogP contribution is -2.48. The van der Waals surface area contributed by atoms with E-state index in [9.17, 15) is 9.59 Å². The Kier molecular flexibility index (Phi) is 8.33. The van der Waals surface area contributed by atoms with Gasteiger partial charge in [0.05, 0.1) is 24.7 Å². The average Bonchev–Trinajstić information content (AvgIpc) is 3.75. The number of carbonyl (C=O) groups excluding carboxylic acids is 2. The van der Waals surface area contributed by atoms with Gasteiger partial charge in [0.25, 0.3) is 0 Å². The number of Topliss-reactive ketones (excluding diaryl/α,β-unsaturated/α-hetero) is 1. The van der Waals surface area contributed by atoms with Gasteiger partial charge in [-0.05, 0) is 91.4 Å². The lowest BCUT2D eigenvalue weighted by atomic mass is 9.94. The molecule has 4 aromatic rings. The molecule has 1 amide bonds. The zero-order valence-electron chi connectivity index (χ0n) is 24.4. The van der Waals surface area contributed by atoms with Gasteiger partial charge in [0.1, 0.15) is 11.3 Å². The summed E-state index contributed by atoms with van der Waals surface area (Å²) in [5, 5.41) is 11.8. The Morgan fingerprint density at radius 2 is 1.67 bits per heavy atom. The van der Waals surface area contributed by atoms with Gasteiger partial charge in [-0.15, -0.1) is 5.10 Å². The fourth-order valence-corrected chi connectivity index (χ4v) is 6.69. The molecule has 0 bridgehead atoms. The van der Waals surface area contributed by atoms with Crippen molar-refractivity contribution in [2.24, 2.45) is 18.9 Å². The number of likely N-dealkylation sites (tertiary alicyclic amines) is 1. The number of hydrogen-bond donors (Lipinski definition) is 1. The number of fused-ring (bicyclic) bond motifs is 1. The molecule has 2 aliphatic rings. The molecule has 2 aliphatic heterocycles. The molecule has 1 N–H and O–H groups in total. The van der Waals surface area contributed by atoms with Gasteiger partial charge < -0.3 is 15.0 Å². The van der Waals surface area contributed by atoms with Gasteiger partial charge in [0.2, 0.25) is 5.91 Å². The maximum Gasteiger partial charge on any atom is 0.240 e. The Hall–Kier alpha value is -4.04. The SMILES string of the molecule is COc1ccc(C[C@@H]2C[C@@H](C(=O)CCc3ccc4c(c3)nnn4C)N(C(=O)[C@H]3C[C@@H](Cc4ccccc4)CN3)C2)cc1. The molecule has 8 heteroatoms. The fraction of sp³-hybridized carbons (Fsp3) is 0.412. The molecule has 3 heterocycles. The third-order valence-corrected chi connectivity index (χ3v) is 8.95. The van der Waals surface area contributed by atoms with Crippen molar-refractivity contribution in [3.8, 4) is 5.75 Å². The van der Waals surface area contributed by atoms with Crippen LogP contribution in [0.15, 0.2) is 72.8 Å². The molecule has 3 aromatic carbocycles. The van der Waals surface area contributed by atoms with Gasteiger partial charge in [-0.3, -0.25) is 9.59 Å². The van der Waals surface area contributed by atoms with Crippen LogP contribution in [0.2, 0.25) is 0 Å². The second-order valence-corrected chi connectivity index (χ2v) is 11.9. The van der Waals surface area contributed by atoms with E-state index in [1.165, 1.54) is 11.1 Å². The molecule has 6 rings (SSSR count). The molecule has 218 valence electrons. The molecule has 2 fully saturated rings. The van der Waals surface area contributed by atoms with Gasteiger partial charge in [0.15, 0.2) is 5.78 Å². The number of ether oxygens (including phenoxy) is 1. The molecular weight excluding hydrogens is 526 g/mol. The Morgan fingerprint density at radius 1 is 0.929 bits per heavy atom. The topological polar surface area (TPSA) is 89.3 Å². The van der Waals surface area contributed by atoms with Gasteiger partial charge in [-0.2, -0.15) is 0 Å². The Labute approximate surface area is 247 Å². The minimum Gasteiger partial charge on any atom is -0.497 e. The van der Waals surface area contributed by atoms with Crippen molar-refractivity contribution in [3.05, 3.63) is 89.5 Å². The predicted octanol–water partition coefficient (Wildman–Crippen LogP) is 4.16. The van der Waals surface area contributed by atoms with Crippen LogP contribution < -0.4 is 10.1 Å². The molecular formula is C34H39N5O3. The summed E-state index contributed by atoms with van der Waals surface area (Å²) < 4.78 is 7.06. The molecule has 42 heavy (non-hydrogen) atoms. The molecule has 0 unspecified atom stereocenters. The smallest absolute Gasteiger partial charge is 0.240 e. The van der Waals surface area contributed by atoms with E-state index in [4.69, 9.17) is 4.74 Å². The number of nitrogens with one attached hydrogen (secondary N) is 1. The summed E-state index contributed by atoms with van der Waals surface area (Å²) in [7, 11) is 3.54. The van der Waals surface area contributed by atoms with Gasteiger partial charge in [-0.1, -0.05) is 53.7 Å². The molecule has 0 aliphatic carbocycles. The van der Waals surface area contributed by atoms with Crippen LogP contribution in [0.5, 0.6) is 5.75 Å². The van der Waals surface area contributed by atoms with Crippen molar-refractivity contribution in [2.45, 2.75) is 50.6 Å². The lowest BCUT2D eigenvalue weighted by Gasteiger charge is -2.27. The molecule has 4 atom stereocenters. The van der Waals surface area contributed by atoms with Crippen molar-refractivity contribution in [2.75, 3.05) is 20.2 Å². The van der Waals surface area contributed by atoms with Gasteiger partial charge in [-0.25, -0.2) is 4.68 Å². The van der Waals surface area contributed by atoms with Crippen molar-refractivity contribution < 1.29 is 14.3 Å². The average molecular weight is 566 g/mol. The Balaban J connectivity index is 1.14. The van der Waals surface area contributed by atoms with Crippen LogP contribution in [0.25, 0.3) is 11.0 Å². The quantitative estimate of drug-likeness (QED) is 0.311. The summed E-state index contributed by atoms with van der Waals surface area (Å²) in [4.78, 5) is 29.6. The van der Waals surface area contributed by atoms with Crippen molar-refractivity contribution in [1.29, 1.82) is 0 Å². The van der Waals surface area contributed by atoms with E-state index in [1.807, 2.05) is 48.3 Å². The van der Waals surface area contributed by atoms with Crippen molar-refractivity contribution in [3.63, 3.8) is 0 Å². The van der Waals surface area contributed by atoms with Crippen LogP contribution in [0.1, 0.15) is 36.0 Å². The number of methoxy groups -OCH3 is 1. The largest absolute Gasteiger partial charge is 0.497 e. The zero-order valence-corrected chi connectivity index (χ0v) is 24.4. The highest BCUT2D eigenvalue weighted by atomic mass is 16.5. The van der Waals surface area contributed by atoms with E-state index in [0.717, 1.165) is 48.2 Å². The number of hydrogen-bond acceptors (Lipinski definition) is 6. The maximum absolute atomic E-state index is 13.9. The zero-order chi connectivity index (χ0) is 29.1.